The Morgan fingerprint density at radius 3 is 1.45 bits per heavy atom. The van der Waals surface area contributed by atoms with Crippen molar-refractivity contribution in [1.82, 2.24) is 13.7 Å². The number of para-hydroxylation sites is 4. The van der Waals surface area contributed by atoms with E-state index in [1.807, 2.05) is 48.5 Å². The van der Waals surface area contributed by atoms with E-state index in [1.165, 1.54) is 32.6 Å². The van der Waals surface area contributed by atoms with Crippen molar-refractivity contribution in [1.29, 1.82) is 10.5 Å². The topological polar surface area (TPSA) is 62.4 Å². The molecule has 0 aliphatic heterocycles. The summed E-state index contributed by atoms with van der Waals surface area (Å²) in [6.45, 7) is 0. The van der Waals surface area contributed by atoms with Gasteiger partial charge in [-0.3, -0.25) is 0 Å². The average Bonchev–Trinajstić information content (AvgIpc) is 3.88. The first-order valence-corrected chi connectivity index (χ1v) is 18.3. The predicted octanol–water partition coefficient (Wildman–Crippen LogP) is 12.4. The Labute approximate surface area is 316 Å². The molecule has 55 heavy (non-hydrogen) atoms. The Hall–Kier alpha value is -7.86. The van der Waals surface area contributed by atoms with Crippen LogP contribution in [0.3, 0.4) is 0 Å². The number of fused-ring (bicyclic) bond motifs is 9. The van der Waals surface area contributed by atoms with E-state index in [0.29, 0.717) is 11.1 Å². The highest BCUT2D eigenvalue weighted by Crippen LogP contribution is 2.40. The van der Waals surface area contributed by atoms with Crippen molar-refractivity contribution < 1.29 is 0 Å². The summed E-state index contributed by atoms with van der Waals surface area (Å²) in [4.78, 5) is 0. The van der Waals surface area contributed by atoms with Crippen LogP contribution in [0.5, 0.6) is 0 Å². The monoisotopic (exact) mass is 699 g/mol. The van der Waals surface area contributed by atoms with E-state index >= 15 is 0 Å². The van der Waals surface area contributed by atoms with Crippen LogP contribution in [0.1, 0.15) is 11.1 Å². The predicted molar refractivity (Wildman–Crippen MR) is 224 cm³/mol. The zero-order valence-electron chi connectivity index (χ0n) is 29.5. The molecule has 8 aromatic carbocycles. The molecular formula is C50H29N5. The van der Waals surface area contributed by atoms with Crippen LogP contribution in [0.2, 0.25) is 0 Å². The third-order valence-corrected chi connectivity index (χ3v) is 11.1. The summed E-state index contributed by atoms with van der Waals surface area (Å²) in [5.74, 6) is 0. The van der Waals surface area contributed by atoms with Crippen molar-refractivity contribution in [2.24, 2.45) is 0 Å². The third kappa shape index (κ3) is 4.51. The molecule has 0 bridgehead atoms. The summed E-state index contributed by atoms with van der Waals surface area (Å²) >= 11 is 0. The lowest BCUT2D eigenvalue weighted by Crippen LogP contribution is -2.00. The number of hydrogen-bond acceptors (Lipinski definition) is 2. The molecular weight excluding hydrogens is 671 g/mol. The molecule has 0 N–H and O–H groups in total. The summed E-state index contributed by atoms with van der Waals surface area (Å²) in [5.41, 5.74) is 12.8. The normalized spacial score (nSPS) is 11.6. The smallest absolute Gasteiger partial charge is 0.0991 e. The molecule has 0 aliphatic rings. The first-order chi connectivity index (χ1) is 27.2. The molecule has 0 saturated carbocycles. The molecule has 5 heteroatoms. The molecule has 0 radical (unpaired) electrons. The van der Waals surface area contributed by atoms with Gasteiger partial charge >= 0.3 is 0 Å². The molecule has 11 rings (SSSR count). The van der Waals surface area contributed by atoms with Crippen LogP contribution >= 0.6 is 0 Å². The van der Waals surface area contributed by atoms with Gasteiger partial charge in [-0.2, -0.15) is 10.5 Å². The van der Waals surface area contributed by atoms with Crippen LogP contribution in [0.4, 0.5) is 0 Å². The second-order valence-electron chi connectivity index (χ2n) is 14.0. The summed E-state index contributed by atoms with van der Waals surface area (Å²) in [7, 11) is 0. The number of aromatic nitrogens is 3. The summed E-state index contributed by atoms with van der Waals surface area (Å²) in [6.07, 6.45) is 0. The molecule has 11 aromatic rings. The van der Waals surface area contributed by atoms with Gasteiger partial charge in [0.05, 0.1) is 62.1 Å². The Morgan fingerprint density at radius 1 is 0.327 bits per heavy atom. The SMILES string of the molecule is N#Cc1ccc(-n2c3ccccc3c3cc(C#N)ccc32)c(-c2cccc(-n3c4ccccc4c4ccc(-n5c6ccccc6c6ccccc65)cc43)c2)c1. The van der Waals surface area contributed by atoms with Crippen molar-refractivity contribution in [3.05, 3.63) is 187 Å². The van der Waals surface area contributed by atoms with Gasteiger partial charge in [0.15, 0.2) is 0 Å². The van der Waals surface area contributed by atoms with Crippen LogP contribution in [-0.2, 0) is 0 Å². The molecule has 0 unspecified atom stereocenters. The zero-order valence-corrected chi connectivity index (χ0v) is 29.5. The number of rotatable bonds is 4. The highest BCUT2D eigenvalue weighted by molar-refractivity contribution is 6.13. The van der Waals surface area contributed by atoms with Gasteiger partial charge in [-0.05, 0) is 90.5 Å². The van der Waals surface area contributed by atoms with Gasteiger partial charge in [-0.25, -0.2) is 0 Å². The molecule has 0 fully saturated rings. The van der Waals surface area contributed by atoms with Crippen molar-refractivity contribution in [2.75, 3.05) is 0 Å². The van der Waals surface area contributed by atoms with E-state index in [4.69, 9.17) is 0 Å². The first kappa shape index (κ1) is 30.7. The maximum atomic E-state index is 10.1. The summed E-state index contributed by atoms with van der Waals surface area (Å²) < 4.78 is 6.99. The van der Waals surface area contributed by atoms with Crippen molar-refractivity contribution in [3.8, 4) is 40.3 Å². The Kier molecular flexibility index (Phi) is 6.61. The van der Waals surface area contributed by atoms with E-state index in [1.54, 1.807) is 0 Å². The van der Waals surface area contributed by atoms with E-state index < -0.39 is 0 Å². The largest absolute Gasteiger partial charge is 0.309 e. The summed E-state index contributed by atoms with van der Waals surface area (Å²) in [6, 6.07) is 66.1. The van der Waals surface area contributed by atoms with E-state index in [2.05, 4.69) is 153 Å². The minimum absolute atomic E-state index is 0.587. The first-order valence-electron chi connectivity index (χ1n) is 18.3. The average molecular weight is 700 g/mol. The van der Waals surface area contributed by atoms with Crippen LogP contribution in [0, 0.1) is 22.7 Å². The van der Waals surface area contributed by atoms with Gasteiger partial charge in [-0.15, -0.1) is 0 Å². The van der Waals surface area contributed by atoms with Crippen LogP contribution in [0.15, 0.2) is 176 Å². The van der Waals surface area contributed by atoms with Gasteiger partial charge in [0.25, 0.3) is 0 Å². The number of hydrogen-bond donors (Lipinski definition) is 0. The third-order valence-electron chi connectivity index (χ3n) is 11.1. The molecule has 0 amide bonds. The maximum Gasteiger partial charge on any atom is 0.0991 e. The fourth-order valence-electron chi connectivity index (χ4n) is 8.72. The van der Waals surface area contributed by atoms with Crippen molar-refractivity contribution >= 4 is 65.4 Å². The van der Waals surface area contributed by atoms with E-state index in [9.17, 15) is 10.5 Å². The molecule has 0 atom stereocenters. The minimum atomic E-state index is 0.587. The second-order valence-corrected chi connectivity index (χ2v) is 14.0. The number of nitrogens with zero attached hydrogens (tertiary/aromatic N) is 5. The Balaban J connectivity index is 1.16. The van der Waals surface area contributed by atoms with Crippen LogP contribution in [-0.4, -0.2) is 13.7 Å². The van der Waals surface area contributed by atoms with Gasteiger partial charge in [-0.1, -0.05) is 91.0 Å². The second kappa shape index (κ2) is 11.8. The Bertz CT molecular complexity index is 3420. The standard InChI is InChI=1S/C50H29N5/c51-30-32-20-24-48(55-47-19-8-4-15-40(47)43-27-33(31-52)21-25-49(43)55)42(26-32)34-10-9-11-35(28-34)54-46-18-7-3-14-39(46)41-23-22-36(29-50(41)54)53-44-16-5-1-12-37(44)38-13-2-6-17-45(38)53/h1-29H. The Morgan fingerprint density at radius 2 is 0.818 bits per heavy atom. The fraction of sp³-hybridized carbons (Fsp3) is 0. The molecule has 3 aromatic heterocycles. The fourth-order valence-corrected chi connectivity index (χ4v) is 8.72. The molecule has 0 saturated heterocycles. The van der Waals surface area contributed by atoms with Gasteiger partial charge in [0.2, 0.25) is 0 Å². The lowest BCUT2D eigenvalue weighted by atomic mass is 10.00. The van der Waals surface area contributed by atoms with Crippen molar-refractivity contribution in [3.63, 3.8) is 0 Å². The van der Waals surface area contributed by atoms with Crippen LogP contribution in [0.25, 0.3) is 93.6 Å². The maximum absolute atomic E-state index is 10.1. The van der Waals surface area contributed by atoms with Crippen LogP contribution < -0.4 is 0 Å². The van der Waals surface area contributed by atoms with Gasteiger partial charge in [0.1, 0.15) is 0 Å². The van der Waals surface area contributed by atoms with E-state index in [0.717, 1.165) is 61.0 Å². The highest BCUT2D eigenvalue weighted by atomic mass is 15.0. The number of benzene rings is 8. The lowest BCUT2D eigenvalue weighted by Gasteiger charge is -2.16. The minimum Gasteiger partial charge on any atom is -0.309 e. The molecule has 0 spiro atoms. The van der Waals surface area contributed by atoms with Gasteiger partial charge < -0.3 is 13.7 Å². The van der Waals surface area contributed by atoms with E-state index in [-0.39, 0.29) is 0 Å². The highest BCUT2D eigenvalue weighted by Gasteiger charge is 2.19. The summed E-state index contributed by atoms with van der Waals surface area (Å²) in [5, 5.41) is 26.8. The quantitative estimate of drug-likeness (QED) is 0.184. The molecule has 254 valence electrons. The lowest BCUT2D eigenvalue weighted by molar-refractivity contribution is 1.15. The zero-order chi connectivity index (χ0) is 36.6. The number of nitriles is 2. The van der Waals surface area contributed by atoms with Gasteiger partial charge in [0, 0.05) is 49.3 Å². The molecule has 3 heterocycles. The van der Waals surface area contributed by atoms with Crippen molar-refractivity contribution in [2.45, 2.75) is 0 Å². The molecule has 5 nitrogen and oxygen atoms in total. The molecule has 0 aliphatic carbocycles.